The van der Waals surface area contributed by atoms with Crippen molar-refractivity contribution in [2.24, 2.45) is 11.1 Å². The summed E-state index contributed by atoms with van der Waals surface area (Å²) in [4.78, 5) is 25.9. The number of benzene rings is 3. The maximum Gasteiger partial charge on any atom is 0.248 e. The van der Waals surface area contributed by atoms with Gasteiger partial charge in [-0.05, 0) is 53.8 Å². The Bertz CT molecular complexity index is 1750. The van der Waals surface area contributed by atoms with E-state index in [0.29, 0.717) is 17.0 Å². The Labute approximate surface area is 259 Å². The number of nitrogens with two attached hydrogens (primary N) is 1. The van der Waals surface area contributed by atoms with Gasteiger partial charge in [0.25, 0.3) is 0 Å². The van der Waals surface area contributed by atoms with Crippen LogP contribution in [-0.4, -0.2) is 39.4 Å². The second-order valence-electron chi connectivity index (χ2n) is 11.9. The first kappa shape index (κ1) is 31.1. The van der Waals surface area contributed by atoms with Crippen molar-refractivity contribution >= 4 is 56.4 Å². The lowest BCUT2D eigenvalue weighted by molar-refractivity contribution is -0.118. The van der Waals surface area contributed by atoms with Crippen molar-refractivity contribution in [3.05, 3.63) is 87.2 Å². The Morgan fingerprint density at radius 3 is 2.49 bits per heavy atom. The number of hydrogen-bond donors (Lipinski definition) is 4. The lowest BCUT2D eigenvalue weighted by Crippen LogP contribution is -2.49. The molecule has 0 unspecified atom stereocenters. The standard InChI is InChI=1S/C30H31Cl2FN4O5S/c1-29(2,3)14-23-30(18-10-9-16(31)13-21(18)37-43(30,40)41)24(17-6-5-7-19(32)25(17)33)26(36-23)28(39)35-20-11-8-15(27(34)38)12-22(20)42-4/h5-13,23-24,26,36-37H,14H2,1-4H3,(H2,34,38)(H,35,39)/t23-,24-,26+,30+/m0/s1. The fraction of sp³-hybridized carbons (Fsp3) is 0.333. The van der Waals surface area contributed by atoms with Crippen molar-refractivity contribution < 1.29 is 27.1 Å². The normalized spacial score (nSPS) is 23.9. The monoisotopic (exact) mass is 648 g/mol. The van der Waals surface area contributed by atoms with Gasteiger partial charge in [-0.1, -0.05) is 62.2 Å². The number of methoxy groups -OCH3 is 1. The molecule has 2 heterocycles. The fourth-order valence-electron chi connectivity index (χ4n) is 6.31. The van der Waals surface area contributed by atoms with Crippen LogP contribution in [0.15, 0.2) is 54.6 Å². The molecule has 13 heteroatoms. The second kappa shape index (κ2) is 11.0. The van der Waals surface area contributed by atoms with Crippen LogP contribution in [0.3, 0.4) is 0 Å². The van der Waals surface area contributed by atoms with Crippen LogP contribution in [0.4, 0.5) is 15.8 Å². The van der Waals surface area contributed by atoms with Gasteiger partial charge in [0.05, 0.1) is 29.5 Å². The largest absolute Gasteiger partial charge is 0.495 e. The summed E-state index contributed by atoms with van der Waals surface area (Å²) in [5.41, 5.74) is 5.93. The van der Waals surface area contributed by atoms with Crippen LogP contribution in [0.25, 0.3) is 0 Å². The zero-order chi connectivity index (χ0) is 31.5. The van der Waals surface area contributed by atoms with Crippen molar-refractivity contribution in [2.75, 3.05) is 17.1 Å². The SMILES string of the molecule is COc1cc(C(N)=O)ccc1NC(=O)[C@@H]1N[C@@H](CC(C)(C)C)[C@]2(c3ccc(Cl)cc3NS2(=O)=O)[C@H]1c1cccc(Cl)c1F. The minimum Gasteiger partial charge on any atom is -0.495 e. The van der Waals surface area contributed by atoms with Gasteiger partial charge in [0.1, 0.15) is 16.3 Å². The van der Waals surface area contributed by atoms with E-state index in [1.54, 1.807) is 12.1 Å². The van der Waals surface area contributed by atoms with Crippen LogP contribution in [0, 0.1) is 11.2 Å². The smallest absolute Gasteiger partial charge is 0.248 e. The van der Waals surface area contributed by atoms with Gasteiger partial charge in [-0.2, -0.15) is 0 Å². The zero-order valence-electron chi connectivity index (χ0n) is 23.8. The number of nitrogens with one attached hydrogen (secondary N) is 3. The quantitative estimate of drug-likeness (QED) is 0.283. The molecule has 228 valence electrons. The van der Waals surface area contributed by atoms with Crippen LogP contribution >= 0.6 is 23.2 Å². The zero-order valence-corrected chi connectivity index (χ0v) is 26.1. The average molecular weight is 650 g/mol. The van der Waals surface area contributed by atoms with Gasteiger partial charge < -0.3 is 21.1 Å². The summed E-state index contributed by atoms with van der Waals surface area (Å²) < 4.78 is 51.0. The van der Waals surface area contributed by atoms with E-state index < -0.39 is 55.8 Å². The molecule has 43 heavy (non-hydrogen) atoms. The molecule has 1 saturated heterocycles. The number of fused-ring (bicyclic) bond motifs is 2. The molecule has 3 aromatic rings. The van der Waals surface area contributed by atoms with Crippen LogP contribution in [0.2, 0.25) is 10.0 Å². The van der Waals surface area contributed by atoms with Crippen molar-refractivity contribution in [1.29, 1.82) is 0 Å². The summed E-state index contributed by atoms with van der Waals surface area (Å²) in [6, 6.07) is 11.1. The second-order valence-corrected chi connectivity index (χ2v) is 14.7. The third kappa shape index (κ3) is 5.22. The first-order valence-electron chi connectivity index (χ1n) is 13.4. The Morgan fingerprint density at radius 1 is 1.12 bits per heavy atom. The van der Waals surface area contributed by atoms with E-state index in [2.05, 4.69) is 15.4 Å². The summed E-state index contributed by atoms with van der Waals surface area (Å²) in [7, 11) is -2.95. The molecule has 5 rings (SSSR count). The van der Waals surface area contributed by atoms with Crippen molar-refractivity contribution in [1.82, 2.24) is 5.32 Å². The molecule has 0 aliphatic carbocycles. The Balaban J connectivity index is 1.74. The van der Waals surface area contributed by atoms with Gasteiger partial charge in [0, 0.05) is 28.1 Å². The predicted molar refractivity (Wildman–Crippen MR) is 165 cm³/mol. The third-order valence-corrected chi connectivity index (χ3v) is 10.6. The number of sulfonamides is 1. The maximum absolute atomic E-state index is 16.0. The Hall–Kier alpha value is -3.38. The van der Waals surface area contributed by atoms with E-state index in [9.17, 15) is 18.0 Å². The molecular weight excluding hydrogens is 618 g/mol. The number of halogens is 3. The summed E-state index contributed by atoms with van der Waals surface area (Å²) in [6.07, 6.45) is 0.301. The van der Waals surface area contributed by atoms with Crippen LogP contribution in [0.5, 0.6) is 5.75 Å². The molecule has 2 aliphatic rings. The first-order chi connectivity index (χ1) is 20.1. The molecule has 5 N–H and O–H groups in total. The molecule has 0 saturated carbocycles. The molecule has 3 aromatic carbocycles. The summed E-state index contributed by atoms with van der Waals surface area (Å²) in [5, 5.41) is 6.16. The molecular formula is C30H31Cl2FN4O5S. The molecule has 9 nitrogen and oxygen atoms in total. The van der Waals surface area contributed by atoms with Gasteiger partial charge in [-0.3, -0.25) is 14.3 Å². The molecule has 4 atom stereocenters. The van der Waals surface area contributed by atoms with Crippen molar-refractivity contribution in [3.63, 3.8) is 0 Å². The van der Waals surface area contributed by atoms with E-state index in [4.69, 9.17) is 33.7 Å². The predicted octanol–water partition coefficient (Wildman–Crippen LogP) is 5.39. The molecule has 2 aliphatic heterocycles. The lowest BCUT2D eigenvalue weighted by Gasteiger charge is -2.38. The van der Waals surface area contributed by atoms with E-state index in [-0.39, 0.29) is 33.3 Å². The van der Waals surface area contributed by atoms with Gasteiger partial charge in [-0.15, -0.1) is 0 Å². The number of primary amides is 1. The minimum absolute atomic E-state index is 0.0409. The van der Waals surface area contributed by atoms with Crippen LogP contribution in [-0.2, 0) is 19.6 Å². The Morgan fingerprint density at radius 2 is 1.84 bits per heavy atom. The highest BCUT2D eigenvalue weighted by molar-refractivity contribution is 7.94. The summed E-state index contributed by atoms with van der Waals surface area (Å²) >= 11 is 12.5. The maximum atomic E-state index is 16.0. The molecule has 0 bridgehead atoms. The summed E-state index contributed by atoms with van der Waals surface area (Å²) in [5.74, 6) is -3.29. The number of carbonyl (C=O) groups excluding carboxylic acids is 2. The number of rotatable bonds is 6. The lowest BCUT2D eigenvalue weighted by atomic mass is 9.72. The van der Waals surface area contributed by atoms with E-state index >= 15 is 4.39 Å². The van der Waals surface area contributed by atoms with E-state index in [0.717, 1.165) is 0 Å². The van der Waals surface area contributed by atoms with Crippen LogP contribution < -0.4 is 25.8 Å². The summed E-state index contributed by atoms with van der Waals surface area (Å²) in [6.45, 7) is 5.86. The minimum atomic E-state index is -4.31. The van der Waals surface area contributed by atoms with Crippen molar-refractivity contribution in [2.45, 2.75) is 49.9 Å². The Kier molecular flexibility index (Phi) is 7.92. The topological polar surface area (TPSA) is 140 Å². The molecule has 0 aromatic heterocycles. The number of amides is 2. The van der Waals surface area contributed by atoms with Crippen LogP contribution in [0.1, 0.15) is 54.6 Å². The molecule has 2 amide bonds. The van der Waals surface area contributed by atoms with E-state index in [1.807, 2.05) is 20.8 Å². The first-order valence-corrected chi connectivity index (χ1v) is 15.7. The average Bonchev–Trinajstić information content (AvgIpc) is 3.36. The number of carbonyl (C=O) groups is 2. The highest BCUT2D eigenvalue weighted by Gasteiger charge is 2.69. The third-order valence-electron chi connectivity index (χ3n) is 7.94. The van der Waals surface area contributed by atoms with Gasteiger partial charge >= 0.3 is 0 Å². The van der Waals surface area contributed by atoms with Gasteiger partial charge in [0.15, 0.2) is 0 Å². The number of ether oxygens (including phenoxy) is 1. The van der Waals surface area contributed by atoms with Gasteiger partial charge in [-0.25, -0.2) is 12.8 Å². The molecule has 1 spiro atoms. The molecule has 1 fully saturated rings. The molecule has 0 radical (unpaired) electrons. The number of hydrogen-bond acceptors (Lipinski definition) is 6. The fourth-order valence-corrected chi connectivity index (χ4v) is 8.88. The van der Waals surface area contributed by atoms with Gasteiger partial charge in [0.2, 0.25) is 21.8 Å². The highest BCUT2D eigenvalue weighted by atomic mass is 35.5. The number of anilines is 2. The highest BCUT2D eigenvalue weighted by Crippen LogP contribution is 2.60. The van der Waals surface area contributed by atoms with E-state index in [1.165, 1.54) is 49.6 Å². The van der Waals surface area contributed by atoms with Crippen molar-refractivity contribution in [3.8, 4) is 5.75 Å².